The summed E-state index contributed by atoms with van der Waals surface area (Å²) in [5, 5.41) is 2.64. The lowest BCUT2D eigenvalue weighted by Crippen LogP contribution is -2.34. The number of carbonyl (C=O) groups excluding carboxylic acids is 1. The average Bonchev–Trinajstić information content (AvgIpc) is 2.73. The number of carbonyl (C=O) groups is 1. The van der Waals surface area contributed by atoms with Gasteiger partial charge in [0.25, 0.3) is 5.56 Å². The fourth-order valence-corrected chi connectivity index (χ4v) is 2.62. The fourth-order valence-electron chi connectivity index (χ4n) is 2.62. The summed E-state index contributed by atoms with van der Waals surface area (Å²) < 4.78 is 44.5. The third-order valence-electron chi connectivity index (χ3n) is 4.14. The van der Waals surface area contributed by atoms with Crippen molar-refractivity contribution in [2.45, 2.75) is 12.7 Å². The van der Waals surface area contributed by atoms with E-state index in [-0.39, 0.29) is 25.4 Å². The Morgan fingerprint density at radius 3 is 2.40 bits per heavy atom. The van der Waals surface area contributed by atoms with Crippen molar-refractivity contribution < 1.29 is 22.7 Å². The zero-order valence-corrected chi connectivity index (χ0v) is 15.7. The Labute approximate surface area is 170 Å². The van der Waals surface area contributed by atoms with Crippen molar-refractivity contribution in [2.75, 3.05) is 13.2 Å². The van der Waals surface area contributed by atoms with E-state index in [2.05, 4.69) is 10.3 Å². The molecule has 0 aliphatic carbocycles. The predicted octanol–water partition coefficient (Wildman–Crippen LogP) is 3.12. The molecule has 0 spiro atoms. The van der Waals surface area contributed by atoms with Gasteiger partial charge in [0, 0.05) is 11.6 Å². The third kappa shape index (κ3) is 5.69. The molecule has 9 heteroatoms. The normalized spacial score (nSPS) is 11.2. The summed E-state index contributed by atoms with van der Waals surface area (Å²) in [6.45, 7) is 0.305. The van der Waals surface area contributed by atoms with Crippen molar-refractivity contribution in [1.82, 2.24) is 14.9 Å². The van der Waals surface area contributed by atoms with E-state index < -0.39 is 23.2 Å². The quantitative estimate of drug-likeness (QED) is 0.600. The van der Waals surface area contributed by atoms with Crippen LogP contribution in [0.2, 0.25) is 0 Å². The van der Waals surface area contributed by atoms with Crippen molar-refractivity contribution in [3.63, 3.8) is 0 Å². The molecular formula is C21H18F3N3O3. The number of nitrogens with one attached hydrogen (secondary N) is 1. The van der Waals surface area contributed by atoms with Gasteiger partial charge in [-0.1, -0.05) is 30.3 Å². The zero-order valence-electron chi connectivity index (χ0n) is 15.7. The van der Waals surface area contributed by atoms with E-state index in [1.807, 2.05) is 18.2 Å². The van der Waals surface area contributed by atoms with Crippen LogP contribution in [0.25, 0.3) is 11.3 Å². The van der Waals surface area contributed by atoms with Crippen molar-refractivity contribution in [3.8, 4) is 17.0 Å². The predicted molar refractivity (Wildman–Crippen MR) is 104 cm³/mol. The van der Waals surface area contributed by atoms with Crippen LogP contribution in [0.5, 0.6) is 5.75 Å². The van der Waals surface area contributed by atoms with Crippen LogP contribution in [0.15, 0.2) is 71.8 Å². The standard InChI is InChI=1S/C21H18F3N3O3/c22-21(23,24)16-8-6-15(7-9-16)18-12-20(29)27(14-26-18)13-19(28)25-10-11-30-17-4-2-1-3-5-17/h1-9,12,14H,10-11,13H2,(H,25,28). The van der Waals surface area contributed by atoms with Crippen LogP contribution < -0.4 is 15.6 Å². The van der Waals surface area contributed by atoms with Crippen molar-refractivity contribution >= 4 is 5.91 Å². The molecule has 0 unspecified atom stereocenters. The van der Waals surface area contributed by atoms with Gasteiger partial charge in [0.1, 0.15) is 18.9 Å². The van der Waals surface area contributed by atoms with Gasteiger partial charge in [0.15, 0.2) is 0 Å². The first-order valence-electron chi connectivity index (χ1n) is 9.01. The molecule has 6 nitrogen and oxygen atoms in total. The molecule has 0 bridgehead atoms. The maximum atomic E-state index is 12.6. The molecule has 1 amide bonds. The van der Waals surface area contributed by atoms with Gasteiger partial charge in [-0.2, -0.15) is 13.2 Å². The van der Waals surface area contributed by atoms with Crippen molar-refractivity contribution in [2.24, 2.45) is 0 Å². The summed E-state index contributed by atoms with van der Waals surface area (Å²) in [5.74, 6) is 0.295. The molecule has 3 rings (SSSR count). The van der Waals surface area contributed by atoms with Gasteiger partial charge in [-0.25, -0.2) is 4.98 Å². The molecule has 3 aromatic rings. The minimum atomic E-state index is -4.44. The highest BCUT2D eigenvalue weighted by atomic mass is 19.4. The second kappa shape index (κ2) is 9.25. The molecule has 0 atom stereocenters. The SMILES string of the molecule is O=C(Cn1cnc(-c2ccc(C(F)(F)F)cc2)cc1=O)NCCOc1ccccc1. The molecule has 0 saturated heterocycles. The van der Waals surface area contributed by atoms with Gasteiger partial charge in [0.2, 0.25) is 5.91 Å². The van der Waals surface area contributed by atoms with Gasteiger partial charge >= 0.3 is 6.18 Å². The first-order chi connectivity index (χ1) is 14.3. The number of hydrogen-bond acceptors (Lipinski definition) is 4. The number of amides is 1. The summed E-state index contributed by atoms with van der Waals surface area (Å²) in [6, 6.07) is 14.6. The van der Waals surface area contributed by atoms with Crippen LogP contribution in [0.3, 0.4) is 0 Å². The lowest BCUT2D eigenvalue weighted by atomic mass is 10.1. The lowest BCUT2D eigenvalue weighted by molar-refractivity contribution is -0.137. The van der Waals surface area contributed by atoms with Crippen LogP contribution in [0.1, 0.15) is 5.56 Å². The maximum absolute atomic E-state index is 12.6. The summed E-state index contributed by atoms with van der Waals surface area (Å²) in [6.07, 6.45) is -3.25. The van der Waals surface area contributed by atoms with Crippen molar-refractivity contribution in [3.05, 3.63) is 82.9 Å². The van der Waals surface area contributed by atoms with Gasteiger partial charge in [-0.15, -0.1) is 0 Å². The van der Waals surface area contributed by atoms with Gasteiger partial charge in [0.05, 0.1) is 24.1 Å². The smallest absolute Gasteiger partial charge is 0.416 e. The van der Waals surface area contributed by atoms with E-state index in [1.165, 1.54) is 24.5 Å². The number of nitrogens with zero attached hydrogens (tertiary/aromatic N) is 2. The van der Waals surface area contributed by atoms with Gasteiger partial charge in [-0.3, -0.25) is 14.2 Å². The highest BCUT2D eigenvalue weighted by Crippen LogP contribution is 2.30. The largest absolute Gasteiger partial charge is 0.492 e. The number of halogens is 3. The summed E-state index contributed by atoms with van der Waals surface area (Å²) in [7, 11) is 0. The molecule has 2 aromatic carbocycles. The fraction of sp³-hybridized carbons (Fsp3) is 0.190. The maximum Gasteiger partial charge on any atom is 0.416 e. The number of aromatic nitrogens is 2. The van der Waals surface area contributed by atoms with Crippen molar-refractivity contribution in [1.29, 1.82) is 0 Å². The van der Waals surface area contributed by atoms with E-state index in [0.717, 1.165) is 16.7 Å². The molecule has 156 valence electrons. The topological polar surface area (TPSA) is 73.2 Å². The summed E-state index contributed by atoms with van der Waals surface area (Å²) in [5.41, 5.74) is -0.681. The number of benzene rings is 2. The molecule has 0 radical (unpaired) electrons. The molecular weight excluding hydrogens is 399 g/mol. The van der Waals surface area contributed by atoms with Crippen LogP contribution in [0, 0.1) is 0 Å². The summed E-state index contributed by atoms with van der Waals surface area (Å²) in [4.78, 5) is 28.3. The van der Waals surface area contributed by atoms with Crippen LogP contribution in [-0.2, 0) is 17.5 Å². The number of hydrogen-bond donors (Lipinski definition) is 1. The zero-order chi connectivity index (χ0) is 21.6. The number of ether oxygens (including phenoxy) is 1. The first kappa shape index (κ1) is 21.1. The van der Waals surface area contributed by atoms with E-state index in [1.54, 1.807) is 12.1 Å². The Hall–Kier alpha value is -3.62. The van der Waals surface area contributed by atoms with E-state index in [9.17, 15) is 22.8 Å². The average molecular weight is 417 g/mol. The number of para-hydroxylation sites is 1. The monoisotopic (exact) mass is 417 g/mol. The molecule has 1 N–H and O–H groups in total. The van der Waals surface area contributed by atoms with E-state index in [0.29, 0.717) is 11.3 Å². The van der Waals surface area contributed by atoms with E-state index in [4.69, 9.17) is 4.74 Å². The minimum Gasteiger partial charge on any atom is -0.492 e. The Balaban J connectivity index is 1.54. The Bertz CT molecular complexity index is 1050. The second-order valence-electron chi connectivity index (χ2n) is 6.33. The minimum absolute atomic E-state index is 0.224. The van der Waals surface area contributed by atoms with Crippen LogP contribution in [0.4, 0.5) is 13.2 Å². The highest BCUT2D eigenvalue weighted by Gasteiger charge is 2.30. The van der Waals surface area contributed by atoms with Crippen LogP contribution >= 0.6 is 0 Å². The number of alkyl halides is 3. The molecule has 1 aromatic heterocycles. The van der Waals surface area contributed by atoms with Crippen LogP contribution in [-0.4, -0.2) is 28.6 Å². The van der Waals surface area contributed by atoms with Gasteiger partial charge < -0.3 is 10.1 Å². The molecule has 0 fully saturated rings. The Morgan fingerprint density at radius 2 is 1.77 bits per heavy atom. The number of rotatable bonds is 7. The first-order valence-corrected chi connectivity index (χ1v) is 9.01. The highest BCUT2D eigenvalue weighted by molar-refractivity contribution is 5.75. The third-order valence-corrected chi connectivity index (χ3v) is 4.14. The lowest BCUT2D eigenvalue weighted by Gasteiger charge is -2.10. The second-order valence-corrected chi connectivity index (χ2v) is 6.33. The molecule has 1 heterocycles. The van der Waals surface area contributed by atoms with Gasteiger partial charge in [-0.05, 0) is 24.3 Å². The molecule has 0 aliphatic heterocycles. The van der Waals surface area contributed by atoms with E-state index >= 15 is 0 Å². The summed E-state index contributed by atoms with van der Waals surface area (Å²) >= 11 is 0. The molecule has 0 saturated carbocycles. The molecule has 0 aliphatic rings. The Morgan fingerprint density at radius 1 is 1.07 bits per heavy atom. The Kier molecular flexibility index (Phi) is 6.51. The molecule has 30 heavy (non-hydrogen) atoms.